The van der Waals surface area contributed by atoms with Crippen LogP contribution in [0, 0.1) is 5.92 Å². The molecular formula is C8H15I. The van der Waals surface area contributed by atoms with Crippen LogP contribution < -0.4 is 0 Å². The second-order valence-electron chi connectivity index (χ2n) is 2.97. The SMILES string of the molecule is CC[C@@H]1CCCCC1I. The van der Waals surface area contributed by atoms with Gasteiger partial charge in [0.25, 0.3) is 0 Å². The van der Waals surface area contributed by atoms with Crippen molar-refractivity contribution in [1.29, 1.82) is 0 Å². The largest absolute Gasteiger partial charge is 0.0823 e. The van der Waals surface area contributed by atoms with E-state index < -0.39 is 0 Å². The first-order valence-electron chi connectivity index (χ1n) is 3.98. The second-order valence-corrected chi connectivity index (χ2v) is 4.57. The van der Waals surface area contributed by atoms with Gasteiger partial charge in [0.2, 0.25) is 0 Å². The van der Waals surface area contributed by atoms with Crippen LogP contribution in [-0.4, -0.2) is 3.92 Å². The number of hydrogen-bond donors (Lipinski definition) is 0. The Morgan fingerprint density at radius 2 is 2.00 bits per heavy atom. The van der Waals surface area contributed by atoms with Gasteiger partial charge in [0, 0.05) is 3.92 Å². The van der Waals surface area contributed by atoms with E-state index in [4.69, 9.17) is 0 Å². The quantitative estimate of drug-likeness (QED) is 0.485. The first kappa shape index (κ1) is 7.83. The van der Waals surface area contributed by atoms with Crippen LogP contribution >= 0.6 is 22.6 Å². The van der Waals surface area contributed by atoms with Crippen LogP contribution in [0.1, 0.15) is 39.0 Å². The minimum atomic E-state index is 0.987. The van der Waals surface area contributed by atoms with Crippen molar-refractivity contribution in [1.82, 2.24) is 0 Å². The Labute approximate surface area is 71.5 Å². The average Bonchev–Trinajstić information content (AvgIpc) is 1.89. The monoisotopic (exact) mass is 238 g/mol. The average molecular weight is 238 g/mol. The molecule has 0 nitrogen and oxygen atoms in total. The van der Waals surface area contributed by atoms with E-state index in [9.17, 15) is 0 Å². The van der Waals surface area contributed by atoms with Crippen molar-refractivity contribution >= 4 is 22.6 Å². The molecule has 1 saturated carbocycles. The first-order valence-corrected chi connectivity index (χ1v) is 5.23. The van der Waals surface area contributed by atoms with Gasteiger partial charge in [0.05, 0.1) is 0 Å². The molecule has 0 saturated heterocycles. The van der Waals surface area contributed by atoms with Crippen molar-refractivity contribution in [2.75, 3.05) is 0 Å². The van der Waals surface area contributed by atoms with E-state index >= 15 is 0 Å². The molecule has 9 heavy (non-hydrogen) atoms. The normalized spacial score (nSPS) is 36.7. The highest BCUT2D eigenvalue weighted by molar-refractivity contribution is 14.1. The van der Waals surface area contributed by atoms with Gasteiger partial charge in [-0.1, -0.05) is 48.8 Å². The van der Waals surface area contributed by atoms with Gasteiger partial charge in [-0.2, -0.15) is 0 Å². The van der Waals surface area contributed by atoms with Gasteiger partial charge in [-0.15, -0.1) is 0 Å². The summed E-state index contributed by atoms with van der Waals surface area (Å²) in [4.78, 5) is 0. The van der Waals surface area contributed by atoms with Gasteiger partial charge in [-0.3, -0.25) is 0 Å². The van der Waals surface area contributed by atoms with Gasteiger partial charge in [0.1, 0.15) is 0 Å². The molecule has 1 fully saturated rings. The molecule has 0 bridgehead atoms. The van der Waals surface area contributed by atoms with Crippen molar-refractivity contribution in [3.8, 4) is 0 Å². The lowest BCUT2D eigenvalue weighted by Gasteiger charge is -2.25. The topological polar surface area (TPSA) is 0 Å². The summed E-state index contributed by atoms with van der Waals surface area (Å²) in [5.41, 5.74) is 0. The number of hydrogen-bond acceptors (Lipinski definition) is 0. The van der Waals surface area contributed by atoms with Gasteiger partial charge < -0.3 is 0 Å². The van der Waals surface area contributed by atoms with Gasteiger partial charge in [0.15, 0.2) is 0 Å². The molecule has 0 heterocycles. The lowest BCUT2D eigenvalue weighted by Crippen LogP contribution is -2.17. The maximum Gasteiger partial charge on any atom is 0.0138 e. The smallest absolute Gasteiger partial charge is 0.0138 e. The van der Waals surface area contributed by atoms with Crippen LogP contribution in [0.15, 0.2) is 0 Å². The summed E-state index contributed by atoms with van der Waals surface area (Å²) in [5, 5.41) is 0. The summed E-state index contributed by atoms with van der Waals surface area (Å²) < 4.78 is 0.987. The van der Waals surface area contributed by atoms with E-state index in [1.54, 1.807) is 0 Å². The number of alkyl halides is 1. The van der Waals surface area contributed by atoms with Crippen molar-refractivity contribution in [3.05, 3.63) is 0 Å². The van der Waals surface area contributed by atoms with E-state index in [0.717, 1.165) is 9.84 Å². The van der Waals surface area contributed by atoms with Crippen LogP contribution in [0.2, 0.25) is 0 Å². The molecule has 1 rings (SSSR count). The zero-order chi connectivity index (χ0) is 6.69. The molecule has 0 amide bonds. The molecular weight excluding hydrogens is 223 g/mol. The molecule has 0 spiro atoms. The predicted octanol–water partition coefficient (Wildman–Crippen LogP) is 3.39. The molecule has 0 aromatic heterocycles. The summed E-state index contributed by atoms with van der Waals surface area (Å²) in [5.74, 6) is 1.04. The third-order valence-corrected chi connectivity index (χ3v) is 3.98. The van der Waals surface area contributed by atoms with Crippen LogP contribution in [0.25, 0.3) is 0 Å². The highest BCUT2D eigenvalue weighted by atomic mass is 127. The summed E-state index contributed by atoms with van der Waals surface area (Å²) in [7, 11) is 0. The molecule has 2 atom stereocenters. The minimum Gasteiger partial charge on any atom is -0.0823 e. The molecule has 54 valence electrons. The molecule has 1 unspecified atom stereocenters. The molecule has 0 aromatic rings. The standard InChI is InChI=1S/C8H15I/c1-2-7-5-3-4-6-8(7)9/h7-8H,2-6H2,1H3/t7-,8?/m1/s1. The van der Waals surface area contributed by atoms with Gasteiger partial charge in [-0.25, -0.2) is 0 Å². The lowest BCUT2D eigenvalue weighted by atomic mass is 9.88. The molecule has 0 aromatic carbocycles. The van der Waals surface area contributed by atoms with E-state index in [1.807, 2.05) is 0 Å². The molecule has 0 radical (unpaired) electrons. The Bertz CT molecular complexity index is 80.6. The minimum absolute atomic E-state index is 0.987. The third-order valence-electron chi connectivity index (χ3n) is 2.34. The number of halogens is 1. The molecule has 1 aliphatic carbocycles. The Kier molecular flexibility index (Phi) is 3.30. The Balaban J connectivity index is 2.30. The Morgan fingerprint density at radius 1 is 1.33 bits per heavy atom. The summed E-state index contributed by atoms with van der Waals surface area (Å²) in [6.07, 6.45) is 7.32. The Morgan fingerprint density at radius 3 is 2.44 bits per heavy atom. The zero-order valence-corrected chi connectivity index (χ0v) is 8.23. The van der Waals surface area contributed by atoms with E-state index in [-0.39, 0.29) is 0 Å². The van der Waals surface area contributed by atoms with Gasteiger partial charge in [-0.05, 0) is 18.8 Å². The molecule has 0 aliphatic heterocycles. The summed E-state index contributed by atoms with van der Waals surface area (Å²) in [6.45, 7) is 2.32. The maximum atomic E-state index is 2.62. The van der Waals surface area contributed by atoms with Gasteiger partial charge >= 0.3 is 0 Å². The molecule has 1 aliphatic rings. The van der Waals surface area contributed by atoms with Crippen LogP contribution in [0.3, 0.4) is 0 Å². The lowest BCUT2D eigenvalue weighted by molar-refractivity contribution is 0.372. The van der Waals surface area contributed by atoms with Crippen molar-refractivity contribution < 1.29 is 0 Å². The first-order chi connectivity index (χ1) is 4.34. The second kappa shape index (κ2) is 3.79. The highest BCUT2D eigenvalue weighted by Gasteiger charge is 2.19. The van der Waals surface area contributed by atoms with Crippen LogP contribution in [0.4, 0.5) is 0 Å². The van der Waals surface area contributed by atoms with Crippen molar-refractivity contribution in [3.63, 3.8) is 0 Å². The fourth-order valence-electron chi connectivity index (χ4n) is 1.62. The fourth-order valence-corrected chi connectivity index (χ4v) is 2.93. The van der Waals surface area contributed by atoms with Crippen molar-refractivity contribution in [2.45, 2.75) is 43.0 Å². The van der Waals surface area contributed by atoms with E-state index in [2.05, 4.69) is 29.5 Å². The number of rotatable bonds is 1. The summed E-state index contributed by atoms with van der Waals surface area (Å²) in [6, 6.07) is 0. The zero-order valence-electron chi connectivity index (χ0n) is 6.07. The predicted molar refractivity (Wildman–Crippen MR) is 50.1 cm³/mol. The maximum absolute atomic E-state index is 2.62. The Hall–Kier alpha value is 0.730. The van der Waals surface area contributed by atoms with E-state index in [1.165, 1.54) is 32.1 Å². The van der Waals surface area contributed by atoms with Crippen LogP contribution in [-0.2, 0) is 0 Å². The van der Waals surface area contributed by atoms with Crippen LogP contribution in [0.5, 0.6) is 0 Å². The highest BCUT2D eigenvalue weighted by Crippen LogP contribution is 2.31. The third kappa shape index (κ3) is 2.10. The molecule has 1 heteroatoms. The fraction of sp³-hybridized carbons (Fsp3) is 1.00. The van der Waals surface area contributed by atoms with E-state index in [0.29, 0.717) is 0 Å². The molecule has 0 N–H and O–H groups in total. The van der Waals surface area contributed by atoms with Crippen molar-refractivity contribution in [2.24, 2.45) is 5.92 Å². The summed E-state index contributed by atoms with van der Waals surface area (Å²) >= 11 is 2.62.